The zero-order valence-corrected chi connectivity index (χ0v) is 13.4. The Bertz CT molecular complexity index is 486. The summed E-state index contributed by atoms with van der Waals surface area (Å²) in [5.74, 6) is 0.822. The summed E-state index contributed by atoms with van der Waals surface area (Å²) in [6.45, 7) is 1.87. The van der Waals surface area contributed by atoms with E-state index in [4.69, 9.17) is 0 Å². The third-order valence-electron chi connectivity index (χ3n) is 5.18. The Hall–Kier alpha value is -0.660. The van der Waals surface area contributed by atoms with Crippen LogP contribution in [0.15, 0.2) is 0 Å². The molecule has 2 aliphatic heterocycles. The third kappa shape index (κ3) is 3.24. The van der Waals surface area contributed by atoms with Crippen LogP contribution >= 0.6 is 0 Å². The second kappa shape index (κ2) is 5.85. The maximum atomic E-state index is 12.6. The molecule has 3 fully saturated rings. The number of nitrogens with zero attached hydrogens (tertiary/aromatic N) is 2. The molecule has 0 aromatic rings. The van der Waals surface area contributed by atoms with E-state index in [1.165, 1.54) is 36.2 Å². The monoisotopic (exact) mass is 315 g/mol. The van der Waals surface area contributed by atoms with Crippen molar-refractivity contribution in [2.45, 2.75) is 44.2 Å². The van der Waals surface area contributed by atoms with Crippen LogP contribution in [0.2, 0.25) is 0 Å². The summed E-state index contributed by atoms with van der Waals surface area (Å²) in [7, 11) is -3.13. The van der Waals surface area contributed by atoms with Gasteiger partial charge in [-0.2, -0.15) is 4.31 Å². The molecular weight excluding hydrogens is 290 g/mol. The number of carbonyl (C=O) groups excluding carboxylic acids is 1. The molecule has 1 aliphatic carbocycles. The lowest BCUT2D eigenvalue weighted by molar-refractivity contribution is -0.134. The first kappa shape index (κ1) is 15.2. The predicted octanol–water partition coefficient (Wildman–Crippen LogP) is 0.0109. The van der Waals surface area contributed by atoms with Gasteiger partial charge in [-0.25, -0.2) is 8.42 Å². The molecule has 21 heavy (non-hydrogen) atoms. The lowest BCUT2D eigenvalue weighted by Crippen LogP contribution is -2.54. The van der Waals surface area contributed by atoms with Crippen molar-refractivity contribution < 1.29 is 13.2 Å². The predicted molar refractivity (Wildman–Crippen MR) is 80.3 cm³/mol. The maximum absolute atomic E-state index is 12.6. The van der Waals surface area contributed by atoms with Gasteiger partial charge in [0.15, 0.2) is 0 Å². The van der Waals surface area contributed by atoms with E-state index in [1.807, 2.05) is 4.90 Å². The number of amides is 1. The quantitative estimate of drug-likeness (QED) is 0.779. The van der Waals surface area contributed by atoms with Crippen molar-refractivity contribution in [2.24, 2.45) is 5.92 Å². The maximum Gasteiger partial charge on any atom is 0.239 e. The largest absolute Gasteiger partial charge is 0.339 e. The average Bonchev–Trinajstić information content (AvgIpc) is 2.89. The van der Waals surface area contributed by atoms with Crippen molar-refractivity contribution in [3.63, 3.8) is 0 Å². The summed E-state index contributed by atoms with van der Waals surface area (Å²) in [5.41, 5.74) is 0. The molecule has 6 nitrogen and oxygen atoms in total. The van der Waals surface area contributed by atoms with Crippen molar-refractivity contribution in [3.05, 3.63) is 0 Å². The second-order valence-electron chi connectivity index (χ2n) is 6.59. The highest BCUT2D eigenvalue weighted by Gasteiger charge is 2.40. The van der Waals surface area contributed by atoms with Gasteiger partial charge in [0.25, 0.3) is 0 Å². The van der Waals surface area contributed by atoms with E-state index in [1.54, 1.807) is 0 Å². The Morgan fingerprint density at radius 3 is 2.38 bits per heavy atom. The van der Waals surface area contributed by atoms with E-state index < -0.39 is 10.0 Å². The van der Waals surface area contributed by atoms with Gasteiger partial charge >= 0.3 is 0 Å². The molecule has 0 aromatic heterocycles. The smallest absolute Gasteiger partial charge is 0.239 e. The highest BCUT2D eigenvalue weighted by Crippen LogP contribution is 2.33. The summed E-state index contributed by atoms with van der Waals surface area (Å²) in [6, 6.07) is 0.466. The van der Waals surface area contributed by atoms with Crippen molar-refractivity contribution in [3.8, 4) is 0 Å². The first-order valence-corrected chi connectivity index (χ1v) is 9.80. The van der Waals surface area contributed by atoms with Gasteiger partial charge in [-0.3, -0.25) is 4.79 Å². The SMILES string of the molecule is CS(=O)(=O)N1CCN(C(=O)C2CC3CCCCC3N2)CC1. The summed E-state index contributed by atoms with van der Waals surface area (Å²) >= 11 is 0. The molecule has 0 aromatic carbocycles. The van der Waals surface area contributed by atoms with Gasteiger partial charge in [-0.15, -0.1) is 0 Å². The molecule has 1 amide bonds. The first-order valence-electron chi connectivity index (χ1n) is 7.95. The minimum atomic E-state index is -3.13. The van der Waals surface area contributed by atoms with Gasteiger partial charge in [0, 0.05) is 32.2 Å². The Morgan fingerprint density at radius 2 is 1.76 bits per heavy atom. The zero-order chi connectivity index (χ0) is 15.0. The van der Waals surface area contributed by atoms with Crippen LogP contribution < -0.4 is 5.32 Å². The molecule has 3 rings (SSSR count). The zero-order valence-electron chi connectivity index (χ0n) is 12.6. The van der Waals surface area contributed by atoms with Crippen molar-refractivity contribution in [1.82, 2.24) is 14.5 Å². The number of sulfonamides is 1. The molecule has 120 valence electrons. The summed E-state index contributed by atoms with van der Waals surface area (Å²) < 4.78 is 24.5. The van der Waals surface area contributed by atoms with Crippen molar-refractivity contribution in [1.29, 1.82) is 0 Å². The summed E-state index contributed by atoms with van der Waals surface area (Å²) in [4.78, 5) is 14.4. The van der Waals surface area contributed by atoms with Crippen LogP contribution in [0.3, 0.4) is 0 Å². The Kier molecular flexibility index (Phi) is 4.25. The van der Waals surface area contributed by atoms with E-state index in [0.29, 0.717) is 38.1 Å². The number of fused-ring (bicyclic) bond motifs is 1. The number of piperazine rings is 1. The Balaban J connectivity index is 1.55. The van der Waals surface area contributed by atoms with Crippen molar-refractivity contribution in [2.75, 3.05) is 32.4 Å². The Morgan fingerprint density at radius 1 is 1.10 bits per heavy atom. The fourth-order valence-electron chi connectivity index (χ4n) is 3.97. The van der Waals surface area contributed by atoms with Crippen LogP contribution in [0.1, 0.15) is 32.1 Å². The molecule has 0 spiro atoms. The number of hydrogen-bond donors (Lipinski definition) is 1. The lowest BCUT2D eigenvalue weighted by atomic mass is 9.85. The molecule has 2 heterocycles. The summed E-state index contributed by atoms with van der Waals surface area (Å²) in [5, 5.41) is 3.51. The minimum absolute atomic E-state index is 0.0529. The number of rotatable bonds is 2. The fourth-order valence-corrected chi connectivity index (χ4v) is 4.80. The van der Waals surface area contributed by atoms with E-state index in [-0.39, 0.29) is 11.9 Å². The molecule has 3 aliphatic rings. The second-order valence-corrected chi connectivity index (χ2v) is 8.58. The molecule has 1 saturated carbocycles. The molecule has 3 unspecified atom stereocenters. The average molecular weight is 315 g/mol. The number of nitrogens with one attached hydrogen (secondary N) is 1. The van der Waals surface area contributed by atoms with E-state index >= 15 is 0 Å². The van der Waals surface area contributed by atoms with Gasteiger partial charge < -0.3 is 10.2 Å². The highest BCUT2D eigenvalue weighted by atomic mass is 32.2. The third-order valence-corrected chi connectivity index (χ3v) is 6.48. The van der Waals surface area contributed by atoms with Crippen LogP contribution in [0.5, 0.6) is 0 Å². The fraction of sp³-hybridized carbons (Fsp3) is 0.929. The van der Waals surface area contributed by atoms with Crippen LogP contribution in [0, 0.1) is 5.92 Å². The molecule has 0 radical (unpaired) electrons. The summed E-state index contributed by atoms with van der Waals surface area (Å²) in [6.07, 6.45) is 7.17. The topological polar surface area (TPSA) is 69.7 Å². The molecule has 1 N–H and O–H groups in total. The van der Waals surface area contributed by atoms with Gasteiger partial charge in [-0.1, -0.05) is 12.8 Å². The van der Waals surface area contributed by atoms with E-state index in [0.717, 1.165) is 6.42 Å². The number of hydrogen-bond acceptors (Lipinski definition) is 4. The van der Waals surface area contributed by atoms with Crippen LogP contribution in [-0.2, 0) is 14.8 Å². The molecule has 3 atom stereocenters. The van der Waals surface area contributed by atoms with Gasteiger partial charge in [0.1, 0.15) is 0 Å². The first-order chi connectivity index (χ1) is 9.95. The normalized spacial score (nSPS) is 34.7. The Labute approximate surface area is 126 Å². The van der Waals surface area contributed by atoms with E-state index in [2.05, 4.69) is 5.32 Å². The van der Waals surface area contributed by atoms with Gasteiger partial charge in [0.05, 0.1) is 12.3 Å². The van der Waals surface area contributed by atoms with Crippen LogP contribution in [0.25, 0.3) is 0 Å². The molecular formula is C14H25N3O3S. The molecule has 0 bridgehead atoms. The van der Waals surface area contributed by atoms with E-state index in [9.17, 15) is 13.2 Å². The lowest BCUT2D eigenvalue weighted by Gasteiger charge is -2.34. The standard InChI is InChI=1S/C14H25N3O3S/c1-21(19,20)17-8-6-16(7-9-17)14(18)13-10-11-4-2-3-5-12(11)15-13/h11-13,15H,2-10H2,1H3. The van der Waals surface area contributed by atoms with Crippen LogP contribution in [-0.4, -0.2) is 68.0 Å². The highest BCUT2D eigenvalue weighted by molar-refractivity contribution is 7.88. The number of carbonyl (C=O) groups is 1. The van der Waals surface area contributed by atoms with Gasteiger partial charge in [-0.05, 0) is 25.2 Å². The van der Waals surface area contributed by atoms with Crippen LogP contribution in [0.4, 0.5) is 0 Å². The van der Waals surface area contributed by atoms with Gasteiger partial charge in [0.2, 0.25) is 15.9 Å². The molecule has 2 saturated heterocycles. The minimum Gasteiger partial charge on any atom is -0.339 e. The molecule has 7 heteroatoms. The van der Waals surface area contributed by atoms with Crippen molar-refractivity contribution >= 4 is 15.9 Å².